The largest absolute Gasteiger partial charge is 0.379 e. The monoisotopic (exact) mass is 1080 g/mol. The van der Waals surface area contributed by atoms with E-state index in [2.05, 4.69) is 16.0 Å². The Kier molecular flexibility index (Phi) is 26.7. The fraction of sp³-hybridized carbons (Fsp3) is 0.724. The van der Waals surface area contributed by atoms with E-state index in [1.54, 1.807) is 38.0 Å². The highest BCUT2D eigenvalue weighted by molar-refractivity contribution is 6.12. The molecule has 10 atom stereocenters. The van der Waals surface area contributed by atoms with Crippen molar-refractivity contribution in [3.8, 4) is 0 Å². The number of benzene rings is 1. The van der Waals surface area contributed by atoms with Crippen LogP contribution in [0.2, 0.25) is 0 Å². The first-order valence-electron chi connectivity index (χ1n) is 28.4. The number of amides is 8. The molecule has 8 amide bonds. The summed E-state index contributed by atoms with van der Waals surface area (Å²) in [5.41, 5.74) is 0.898. The van der Waals surface area contributed by atoms with Crippen LogP contribution in [-0.2, 0) is 52.7 Å². The van der Waals surface area contributed by atoms with Crippen molar-refractivity contribution in [3.05, 3.63) is 48.0 Å². The summed E-state index contributed by atoms with van der Waals surface area (Å²) in [6, 6.07) is 6.37. The molecule has 0 spiro atoms. The van der Waals surface area contributed by atoms with Crippen molar-refractivity contribution in [2.75, 3.05) is 67.6 Å². The third-order valence-corrected chi connectivity index (χ3v) is 15.9. The van der Waals surface area contributed by atoms with E-state index in [1.165, 1.54) is 17.2 Å². The molecule has 0 bridgehead atoms. The highest BCUT2D eigenvalue weighted by Crippen LogP contribution is 2.31. The predicted octanol–water partition coefficient (Wildman–Crippen LogP) is 5.23. The fourth-order valence-corrected chi connectivity index (χ4v) is 11.2. The number of hydroxylamine groups is 2. The zero-order chi connectivity index (χ0) is 56.9. The lowest BCUT2D eigenvalue weighted by molar-refractivity contribution is -0.200. The number of nitrogens with zero attached hydrogens (tertiary/aromatic N) is 5. The van der Waals surface area contributed by atoms with Crippen molar-refractivity contribution < 1.29 is 52.7 Å². The minimum Gasteiger partial charge on any atom is -0.379 e. The summed E-state index contributed by atoms with van der Waals surface area (Å²) in [4.78, 5) is 120. The molecule has 0 saturated carbocycles. The molecule has 0 radical (unpaired) electrons. The van der Waals surface area contributed by atoms with E-state index in [-0.39, 0.29) is 90.3 Å². The van der Waals surface area contributed by atoms with E-state index in [0.29, 0.717) is 58.5 Å². The van der Waals surface area contributed by atoms with Crippen LogP contribution in [0.25, 0.3) is 0 Å². The van der Waals surface area contributed by atoms with E-state index < -0.39 is 48.3 Å². The molecule has 2 fully saturated rings. The number of rotatable bonds is 32. The van der Waals surface area contributed by atoms with Crippen molar-refractivity contribution in [2.24, 2.45) is 23.7 Å². The van der Waals surface area contributed by atoms with Crippen LogP contribution in [0.5, 0.6) is 0 Å². The molecule has 1 aromatic rings. The number of hydrogen-bond acceptors (Lipinski definition) is 12. The number of hydrogen-bond donors (Lipinski definition) is 3. The predicted molar refractivity (Wildman–Crippen MR) is 294 cm³/mol. The molecular formula is C58H94N8O11. The van der Waals surface area contributed by atoms with E-state index in [9.17, 15) is 38.4 Å². The molecule has 3 N–H and O–H groups in total. The average Bonchev–Trinajstić information content (AvgIpc) is 4.05. The smallest absolute Gasteiger partial charge is 0.269 e. The number of carbonyl (C=O) groups is 8. The molecule has 19 nitrogen and oxygen atoms in total. The van der Waals surface area contributed by atoms with Crippen molar-refractivity contribution in [3.63, 3.8) is 0 Å². The molecule has 77 heavy (non-hydrogen) atoms. The van der Waals surface area contributed by atoms with E-state index >= 15 is 0 Å². The van der Waals surface area contributed by atoms with Crippen molar-refractivity contribution in [1.29, 1.82) is 0 Å². The van der Waals surface area contributed by atoms with Gasteiger partial charge in [-0.15, -0.1) is 0 Å². The number of nitrogens with one attached hydrogen (secondary N) is 3. The van der Waals surface area contributed by atoms with Crippen molar-refractivity contribution >= 4 is 47.3 Å². The van der Waals surface area contributed by atoms with Gasteiger partial charge in [-0.25, -0.2) is 5.06 Å². The van der Waals surface area contributed by atoms with Crippen molar-refractivity contribution in [1.82, 2.24) is 40.6 Å². The lowest BCUT2D eigenvalue weighted by atomic mass is 9.89. The van der Waals surface area contributed by atoms with Gasteiger partial charge in [0, 0.05) is 71.9 Å². The molecular weight excluding hydrogens is 985 g/mol. The van der Waals surface area contributed by atoms with Gasteiger partial charge in [0.25, 0.3) is 17.7 Å². The number of likely N-dealkylation sites (N-methyl/N-ethyl adjacent to an activating group) is 2. The molecule has 0 aliphatic carbocycles. The second kappa shape index (κ2) is 32.0. The van der Waals surface area contributed by atoms with Crippen LogP contribution in [0.4, 0.5) is 0 Å². The summed E-state index contributed by atoms with van der Waals surface area (Å²) in [5.74, 6) is -3.70. The lowest BCUT2D eigenvalue weighted by Crippen LogP contribution is -2.60. The zero-order valence-corrected chi connectivity index (χ0v) is 48.4. The van der Waals surface area contributed by atoms with Crippen LogP contribution in [-0.4, -0.2) is 182 Å². The number of carbonyl (C=O) groups excluding carboxylic acids is 8. The summed E-state index contributed by atoms with van der Waals surface area (Å²) in [5, 5.41) is 10.5. The SMILES string of the molecule is CC[C@H](C)[C@@H]([C@@H](CC(=O)N1CCC[C@H]1[C@H](OC)[C@@H](C)C(=O)N[C@H](C(=O)N1CCCCO1)[C@@H](C)c1ccccc1)OC)N(C)C(=O)[C@@H](NC(=O)[C@H](C(C)C)N(C)CCCCCCNC(=O)CCCN1C(=O)C=CC1=O)C(C)C. The van der Waals surface area contributed by atoms with Gasteiger partial charge in [0.15, 0.2) is 0 Å². The summed E-state index contributed by atoms with van der Waals surface area (Å²) in [6.07, 6.45) is 8.75. The van der Waals surface area contributed by atoms with Crippen LogP contribution in [0.15, 0.2) is 42.5 Å². The van der Waals surface area contributed by atoms with E-state index in [0.717, 1.165) is 49.0 Å². The zero-order valence-electron chi connectivity index (χ0n) is 48.4. The van der Waals surface area contributed by atoms with Gasteiger partial charge in [0.05, 0.1) is 49.3 Å². The van der Waals surface area contributed by atoms with Crippen LogP contribution < -0.4 is 16.0 Å². The standard InChI is InChI=1S/C58H94N8O11/c1-13-40(6)53(63(10)57(73)50(38(2)3)60-56(72)52(39(4)5)62(9)32-20-15-14-19-31-59-46(67)28-24-34-65-47(68)29-30-48(65)69)45(75-11)37-49(70)64-33-23-27-44(64)54(76-12)42(8)55(71)61-51(41(7)43-25-17-16-18-26-43)58(74)66-35-21-22-36-77-66/h16-18,25-26,29-30,38-42,44-45,50-54H,13-15,19-24,27-28,31-37H2,1-12H3,(H,59,67)(H,60,72)(H,61,71)/t40-,41-,42+,44-,45+,50-,51-,52-,53-,54+/m0/s1. The molecule has 3 aliphatic rings. The highest BCUT2D eigenvalue weighted by Gasteiger charge is 2.44. The summed E-state index contributed by atoms with van der Waals surface area (Å²) < 4.78 is 12.2. The van der Waals surface area contributed by atoms with Crippen LogP contribution in [0.3, 0.4) is 0 Å². The molecule has 1 aromatic carbocycles. The van der Waals surface area contributed by atoms with Gasteiger partial charge in [-0.05, 0) is 81.9 Å². The van der Waals surface area contributed by atoms with Crippen LogP contribution >= 0.6 is 0 Å². The number of likely N-dealkylation sites (tertiary alicyclic amines) is 1. The second-order valence-electron chi connectivity index (χ2n) is 22.2. The van der Waals surface area contributed by atoms with Gasteiger partial charge in [0.1, 0.15) is 12.1 Å². The summed E-state index contributed by atoms with van der Waals surface area (Å²) >= 11 is 0. The molecule has 432 valence electrons. The first-order valence-corrected chi connectivity index (χ1v) is 28.4. The topological polar surface area (TPSA) is 217 Å². The first kappa shape index (κ1) is 64.3. The van der Waals surface area contributed by atoms with Crippen molar-refractivity contribution in [2.45, 2.75) is 181 Å². The van der Waals surface area contributed by atoms with E-state index in [1.807, 2.05) is 90.7 Å². The third kappa shape index (κ3) is 18.2. The van der Waals surface area contributed by atoms with Gasteiger partial charge in [-0.2, -0.15) is 0 Å². The maximum absolute atomic E-state index is 14.7. The number of unbranched alkanes of at least 4 members (excludes halogenated alkanes) is 3. The Bertz CT molecular complexity index is 2100. The molecule has 4 rings (SSSR count). The van der Waals surface area contributed by atoms with Gasteiger partial charge < -0.3 is 35.2 Å². The van der Waals surface area contributed by atoms with Gasteiger partial charge >= 0.3 is 0 Å². The fourth-order valence-electron chi connectivity index (χ4n) is 11.2. The maximum atomic E-state index is 14.7. The Balaban J connectivity index is 1.36. The Morgan fingerprint density at radius 3 is 2.04 bits per heavy atom. The molecule has 19 heteroatoms. The second-order valence-corrected chi connectivity index (χ2v) is 22.2. The van der Waals surface area contributed by atoms with Crippen LogP contribution in [0, 0.1) is 23.7 Å². The minimum absolute atomic E-state index is 0.0312. The summed E-state index contributed by atoms with van der Waals surface area (Å²) in [6.45, 7) is 18.3. The third-order valence-electron chi connectivity index (χ3n) is 15.9. The minimum atomic E-state index is -0.903. The number of methoxy groups -OCH3 is 2. The van der Waals surface area contributed by atoms with Gasteiger partial charge in [-0.3, -0.25) is 53.0 Å². The average molecular weight is 1080 g/mol. The number of ether oxygens (including phenoxy) is 2. The Hall–Kier alpha value is -5.24. The highest BCUT2D eigenvalue weighted by atomic mass is 16.7. The van der Waals surface area contributed by atoms with E-state index in [4.69, 9.17) is 14.3 Å². The Morgan fingerprint density at radius 2 is 1.44 bits per heavy atom. The Morgan fingerprint density at radius 1 is 0.779 bits per heavy atom. The Labute approximate surface area is 459 Å². The molecule has 3 heterocycles. The molecule has 2 saturated heterocycles. The van der Waals surface area contributed by atoms with Gasteiger partial charge in [-0.1, -0.05) is 105 Å². The maximum Gasteiger partial charge on any atom is 0.269 e. The lowest BCUT2D eigenvalue weighted by Gasteiger charge is -2.41. The molecule has 3 aliphatic heterocycles. The van der Waals surface area contributed by atoms with Crippen LogP contribution in [0.1, 0.15) is 144 Å². The van der Waals surface area contributed by atoms with Gasteiger partial charge in [0.2, 0.25) is 29.5 Å². The molecule has 0 unspecified atom stereocenters. The quantitative estimate of drug-likeness (QED) is 0.0625. The molecule has 0 aromatic heterocycles. The first-order chi connectivity index (χ1) is 36.7. The summed E-state index contributed by atoms with van der Waals surface area (Å²) in [7, 11) is 6.75. The normalized spacial score (nSPS) is 19.4. The number of imide groups is 1.